The number of thioether (sulfide) groups is 1. The average Bonchev–Trinajstić information content (AvgIpc) is 3.16. The molecule has 4 aromatic carbocycles. The molecule has 1 fully saturated rings. The van der Waals surface area contributed by atoms with E-state index in [1.807, 2.05) is 61.5 Å². The van der Waals surface area contributed by atoms with Gasteiger partial charge in [0, 0.05) is 5.69 Å². The number of anilines is 1. The molecular weight excluding hydrogens is 484 g/mol. The molecule has 1 N–H and O–H groups in total. The summed E-state index contributed by atoms with van der Waals surface area (Å²) in [7, 11) is 0. The van der Waals surface area contributed by atoms with Crippen molar-refractivity contribution in [2.45, 2.75) is 13.5 Å². The van der Waals surface area contributed by atoms with Crippen LogP contribution in [0, 0.1) is 6.92 Å². The van der Waals surface area contributed by atoms with Crippen LogP contribution in [-0.4, -0.2) is 28.5 Å². The van der Waals surface area contributed by atoms with Gasteiger partial charge in [0.2, 0.25) is 5.91 Å². The Hall–Kier alpha value is -4.36. The van der Waals surface area contributed by atoms with Gasteiger partial charge < -0.3 is 10.1 Å². The summed E-state index contributed by atoms with van der Waals surface area (Å²) in [5.41, 5.74) is 3.51. The van der Waals surface area contributed by atoms with Crippen molar-refractivity contribution in [3.05, 3.63) is 113 Å². The molecule has 0 spiro atoms. The number of ether oxygens (including phenoxy) is 1. The van der Waals surface area contributed by atoms with E-state index in [1.165, 1.54) is 10.8 Å². The van der Waals surface area contributed by atoms with Crippen molar-refractivity contribution < 1.29 is 19.1 Å². The van der Waals surface area contributed by atoms with Gasteiger partial charge in [-0.05, 0) is 77.0 Å². The van der Waals surface area contributed by atoms with Crippen LogP contribution in [0.15, 0.2) is 95.9 Å². The second-order valence-corrected chi connectivity index (χ2v) is 9.71. The van der Waals surface area contributed by atoms with E-state index >= 15 is 0 Å². The van der Waals surface area contributed by atoms with Crippen LogP contribution in [0.3, 0.4) is 0 Å². The molecule has 0 aromatic heterocycles. The summed E-state index contributed by atoms with van der Waals surface area (Å²) >= 11 is 0.827. The smallest absolute Gasteiger partial charge is 0.294 e. The monoisotopic (exact) mass is 508 g/mol. The van der Waals surface area contributed by atoms with E-state index < -0.39 is 17.1 Å². The summed E-state index contributed by atoms with van der Waals surface area (Å²) < 4.78 is 5.92. The fourth-order valence-corrected chi connectivity index (χ4v) is 4.76. The third kappa shape index (κ3) is 5.90. The van der Waals surface area contributed by atoms with Crippen LogP contribution in [0.1, 0.15) is 16.7 Å². The second-order valence-electron chi connectivity index (χ2n) is 8.72. The van der Waals surface area contributed by atoms with Crippen molar-refractivity contribution in [1.29, 1.82) is 0 Å². The Morgan fingerprint density at radius 3 is 2.41 bits per heavy atom. The SMILES string of the molecule is Cc1ccc(NC(=O)CN2C(=O)S/C(=C\c3ccc(OCc4ccc5ccccc5c4)cc3)C2=O)cc1. The molecule has 0 bridgehead atoms. The third-order valence-corrected chi connectivity index (χ3v) is 6.82. The Kier molecular flexibility index (Phi) is 7.05. The Bertz CT molecular complexity index is 1510. The van der Waals surface area contributed by atoms with E-state index in [1.54, 1.807) is 18.2 Å². The number of fused-ring (bicyclic) bond motifs is 1. The van der Waals surface area contributed by atoms with Crippen molar-refractivity contribution in [1.82, 2.24) is 4.90 Å². The predicted molar refractivity (Wildman–Crippen MR) is 147 cm³/mol. The van der Waals surface area contributed by atoms with Gasteiger partial charge in [-0.25, -0.2) is 0 Å². The molecule has 3 amide bonds. The highest BCUT2D eigenvalue weighted by Crippen LogP contribution is 2.32. The van der Waals surface area contributed by atoms with Crippen LogP contribution in [-0.2, 0) is 16.2 Å². The Morgan fingerprint density at radius 1 is 0.919 bits per heavy atom. The Morgan fingerprint density at radius 2 is 1.65 bits per heavy atom. The molecule has 4 aromatic rings. The molecule has 0 radical (unpaired) electrons. The van der Waals surface area contributed by atoms with Crippen LogP contribution in [0.2, 0.25) is 0 Å². The fraction of sp³-hybridized carbons (Fsp3) is 0.100. The van der Waals surface area contributed by atoms with Gasteiger partial charge in [-0.1, -0.05) is 66.2 Å². The second kappa shape index (κ2) is 10.7. The first-order valence-electron chi connectivity index (χ1n) is 11.8. The first-order valence-corrected chi connectivity index (χ1v) is 12.6. The minimum atomic E-state index is -0.481. The molecule has 6 nitrogen and oxygen atoms in total. The van der Waals surface area contributed by atoms with Gasteiger partial charge in [0.05, 0.1) is 4.91 Å². The third-order valence-electron chi connectivity index (χ3n) is 5.91. The molecule has 0 unspecified atom stereocenters. The normalized spacial score (nSPS) is 14.4. The molecule has 1 saturated heterocycles. The molecule has 37 heavy (non-hydrogen) atoms. The number of nitrogens with zero attached hydrogens (tertiary/aromatic N) is 1. The molecule has 5 rings (SSSR count). The fourth-order valence-electron chi connectivity index (χ4n) is 3.92. The first-order chi connectivity index (χ1) is 17.9. The molecule has 7 heteroatoms. The summed E-state index contributed by atoms with van der Waals surface area (Å²) in [6.07, 6.45) is 1.65. The zero-order valence-electron chi connectivity index (χ0n) is 20.1. The maximum atomic E-state index is 12.8. The van der Waals surface area contributed by atoms with Gasteiger partial charge in [-0.3, -0.25) is 19.3 Å². The zero-order chi connectivity index (χ0) is 25.8. The van der Waals surface area contributed by atoms with Crippen LogP contribution in [0.25, 0.3) is 16.8 Å². The predicted octanol–water partition coefficient (Wildman–Crippen LogP) is 6.40. The largest absolute Gasteiger partial charge is 0.489 e. The van der Waals surface area contributed by atoms with Crippen molar-refractivity contribution in [3.63, 3.8) is 0 Å². The lowest BCUT2D eigenvalue weighted by Gasteiger charge is -2.12. The summed E-state index contributed by atoms with van der Waals surface area (Å²) in [4.78, 5) is 38.8. The maximum absolute atomic E-state index is 12.8. The molecule has 0 aliphatic carbocycles. The van der Waals surface area contributed by atoms with E-state index in [0.29, 0.717) is 18.0 Å². The van der Waals surface area contributed by atoms with E-state index in [4.69, 9.17) is 4.74 Å². The number of benzene rings is 4. The number of carbonyl (C=O) groups excluding carboxylic acids is 3. The quantitative estimate of drug-likeness (QED) is 0.292. The van der Waals surface area contributed by atoms with Gasteiger partial charge in [-0.2, -0.15) is 0 Å². The number of aryl methyl sites for hydroxylation is 1. The number of hydrogen-bond donors (Lipinski definition) is 1. The van der Waals surface area contributed by atoms with Crippen LogP contribution >= 0.6 is 11.8 Å². The number of rotatable bonds is 7. The molecule has 184 valence electrons. The Labute approximate surface area is 218 Å². The van der Waals surface area contributed by atoms with Crippen molar-refractivity contribution >= 4 is 51.4 Å². The number of carbonyl (C=O) groups is 3. The standard InChI is InChI=1S/C30H24N2O4S/c1-20-6-12-25(13-7-20)31-28(33)18-32-29(34)27(37-30(32)35)17-21-9-14-26(15-10-21)36-19-22-8-11-23-4-2-3-5-24(23)16-22/h2-17H,18-19H2,1H3,(H,31,33)/b27-17-. The highest BCUT2D eigenvalue weighted by molar-refractivity contribution is 8.18. The van der Waals surface area contributed by atoms with E-state index in [0.717, 1.165) is 33.4 Å². The zero-order valence-corrected chi connectivity index (χ0v) is 21.0. The van der Waals surface area contributed by atoms with Crippen molar-refractivity contribution in [3.8, 4) is 5.75 Å². The van der Waals surface area contributed by atoms with Crippen molar-refractivity contribution in [2.24, 2.45) is 0 Å². The van der Waals surface area contributed by atoms with Gasteiger partial charge in [0.15, 0.2) is 0 Å². The van der Waals surface area contributed by atoms with Gasteiger partial charge in [-0.15, -0.1) is 0 Å². The highest BCUT2D eigenvalue weighted by Gasteiger charge is 2.36. The molecule has 0 saturated carbocycles. The summed E-state index contributed by atoms with van der Waals surface area (Å²) in [6, 6.07) is 29.0. The lowest BCUT2D eigenvalue weighted by Crippen LogP contribution is -2.36. The lowest BCUT2D eigenvalue weighted by atomic mass is 10.1. The van der Waals surface area contributed by atoms with E-state index in [2.05, 4.69) is 29.6 Å². The van der Waals surface area contributed by atoms with Gasteiger partial charge >= 0.3 is 0 Å². The molecule has 1 aliphatic heterocycles. The number of imide groups is 1. The first kappa shape index (κ1) is 24.3. The molecular formula is C30H24N2O4S. The minimum Gasteiger partial charge on any atom is -0.489 e. The lowest BCUT2D eigenvalue weighted by molar-refractivity contribution is -0.127. The van der Waals surface area contributed by atoms with Gasteiger partial charge in [0.1, 0.15) is 18.9 Å². The molecule has 1 aliphatic rings. The molecule has 0 atom stereocenters. The van der Waals surface area contributed by atoms with Crippen LogP contribution in [0.5, 0.6) is 5.75 Å². The van der Waals surface area contributed by atoms with Crippen molar-refractivity contribution in [2.75, 3.05) is 11.9 Å². The topological polar surface area (TPSA) is 75.7 Å². The highest BCUT2D eigenvalue weighted by atomic mass is 32.2. The number of amides is 3. The summed E-state index contributed by atoms with van der Waals surface area (Å²) in [6.45, 7) is 2.05. The molecule has 1 heterocycles. The van der Waals surface area contributed by atoms with Crippen LogP contribution < -0.4 is 10.1 Å². The van der Waals surface area contributed by atoms with Gasteiger partial charge in [0.25, 0.3) is 11.1 Å². The van der Waals surface area contributed by atoms with E-state index in [-0.39, 0.29) is 11.4 Å². The Balaban J connectivity index is 1.18. The summed E-state index contributed by atoms with van der Waals surface area (Å²) in [5.74, 6) is -0.211. The maximum Gasteiger partial charge on any atom is 0.294 e. The van der Waals surface area contributed by atoms with E-state index in [9.17, 15) is 14.4 Å². The average molecular weight is 509 g/mol. The van der Waals surface area contributed by atoms with Crippen LogP contribution in [0.4, 0.5) is 10.5 Å². The summed E-state index contributed by atoms with van der Waals surface area (Å²) in [5, 5.41) is 4.60. The number of nitrogens with one attached hydrogen (secondary N) is 1. The number of hydrogen-bond acceptors (Lipinski definition) is 5. The minimum absolute atomic E-state index is 0.276.